The molecule has 0 spiro atoms. The summed E-state index contributed by atoms with van der Waals surface area (Å²) in [7, 11) is 5.74. The third kappa shape index (κ3) is 7.31. The van der Waals surface area contributed by atoms with Crippen LogP contribution in [0.4, 0.5) is 0 Å². The maximum atomic E-state index is 10.2. The highest BCUT2D eigenvalue weighted by molar-refractivity contribution is 5.43. The van der Waals surface area contributed by atoms with Gasteiger partial charge in [0.15, 0.2) is 11.5 Å². The van der Waals surface area contributed by atoms with Crippen LogP contribution in [0, 0.1) is 13.8 Å². The Morgan fingerprint density at radius 1 is 1.13 bits per heavy atom. The number of aliphatic hydroxyl groups is 1. The Kier molecular flexibility index (Phi) is 9.14. The SMILES string of the molecule is COc1cc(CN(C)CCn2nc(C)cc2C)ccc1OC[C@H](O)CN(C)C(C)C. The number of ether oxygens (including phenoxy) is 2. The summed E-state index contributed by atoms with van der Waals surface area (Å²) in [6, 6.07) is 8.45. The smallest absolute Gasteiger partial charge is 0.161 e. The lowest BCUT2D eigenvalue weighted by atomic mass is 10.2. The molecule has 0 unspecified atom stereocenters. The molecule has 0 fully saturated rings. The molecule has 7 heteroatoms. The van der Waals surface area contributed by atoms with Crippen molar-refractivity contribution in [3.05, 3.63) is 41.2 Å². The second-order valence-electron chi connectivity index (χ2n) is 8.37. The van der Waals surface area contributed by atoms with E-state index in [1.54, 1.807) is 7.11 Å². The number of rotatable bonds is 12. The molecular formula is C23H38N4O3. The second kappa shape index (κ2) is 11.3. The van der Waals surface area contributed by atoms with Crippen molar-refractivity contribution in [2.45, 2.75) is 52.9 Å². The predicted octanol–water partition coefficient (Wildman–Crippen LogP) is 2.72. The van der Waals surface area contributed by atoms with Crippen molar-refractivity contribution in [1.82, 2.24) is 19.6 Å². The van der Waals surface area contributed by atoms with Gasteiger partial charge in [0.25, 0.3) is 0 Å². The van der Waals surface area contributed by atoms with Gasteiger partial charge in [-0.05, 0) is 65.6 Å². The summed E-state index contributed by atoms with van der Waals surface area (Å²) in [4.78, 5) is 4.35. The van der Waals surface area contributed by atoms with Crippen LogP contribution in [0.1, 0.15) is 30.8 Å². The van der Waals surface area contributed by atoms with Gasteiger partial charge in [-0.25, -0.2) is 0 Å². The van der Waals surface area contributed by atoms with Gasteiger partial charge in [0.1, 0.15) is 12.7 Å². The van der Waals surface area contributed by atoms with Crippen LogP contribution in [0.15, 0.2) is 24.3 Å². The number of nitrogens with zero attached hydrogens (tertiary/aromatic N) is 4. The van der Waals surface area contributed by atoms with Crippen LogP contribution < -0.4 is 9.47 Å². The Hall–Kier alpha value is -2.09. The van der Waals surface area contributed by atoms with Crippen molar-refractivity contribution in [1.29, 1.82) is 0 Å². The Morgan fingerprint density at radius 2 is 1.87 bits per heavy atom. The highest BCUT2D eigenvalue weighted by atomic mass is 16.5. The normalized spacial score (nSPS) is 12.8. The van der Waals surface area contributed by atoms with E-state index in [4.69, 9.17) is 9.47 Å². The Balaban J connectivity index is 1.88. The molecule has 0 saturated heterocycles. The summed E-state index contributed by atoms with van der Waals surface area (Å²) in [5.41, 5.74) is 3.39. The third-order valence-corrected chi connectivity index (χ3v) is 5.29. The average Bonchev–Trinajstić information content (AvgIpc) is 3.02. The predicted molar refractivity (Wildman–Crippen MR) is 120 cm³/mol. The zero-order valence-corrected chi connectivity index (χ0v) is 19.6. The molecule has 1 atom stereocenters. The fourth-order valence-corrected chi connectivity index (χ4v) is 3.27. The van der Waals surface area contributed by atoms with Crippen molar-refractivity contribution in [3.63, 3.8) is 0 Å². The molecule has 1 aromatic carbocycles. The average molecular weight is 419 g/mol. The van der Waals surface area contributed by atoms with Crippen LogP contribution in [0.3, 0.4) is 0 Å². The first-order chi connectivity index (χ1) is 14.2. The number of aromatic nitrogens is 2. The molecule has 0 bridgehead atoms. The maximum Gasteiger partial charge on any atom is 0.161 e. The van der Waals surface area contributed by atoms with Crippen molar-refractivity contribution < 1.29 is 14.6 Å². The third-order valence-electron chi connectivity index (χ3n) is 5.29. The van der Waals surface area contributed by atoms with Crippen LogP contribution in [-0.2, 0) is 13.1 Å². The van der Waals surface area contributed by atoms with Gasteiger partial charge < -0.3 is 24.4 Å². The van der Waals surface area contributed by atoms with E-state index in [0.29, 0.717) is 24.1 Å². The highest BCUT2D eigenvalue weighted by Gasteiger charge is 2.14. The number of likely N-dealkylation sites (N-methyl/N-ethyl adjacent to an activating group) is 2. The second-order valence-corrected chi connectivity index (χ2v) is 8.37. The highest BCUT2D eigenvalue weighted by Crippen LogP contribution is 2.28. The Bertz CT molecular complexity index is 791. The van der Waals surface area contributed by atoms with E-state index in [9.17, 15) is 5.11 Å². The van der Waals surface area contributed by atoms with Crippen LogP contribution in [0.2, 0.25) is 0 Å². The van der Waals surface area contributed by atoms with Gasteiger partial charge in [-0.2, -0.15) is 5.10 Å². The molecule has 2 rings (SSSR count). The minimum absolute atomic E-state index is 0.231. The van der Waals surface area contributed by atoms with E-state index in [-0.39, 0.29) is 6.61 Å². The van der Waals surface area contributed by atoms with Gasteiger partial charge in [0.2, 0.25) is 0 Å². The molecule has 0 aliphatic heterocycles. The Labute approximate surface area is 181 Å². The summed E-state index contributed by atoms with van der Waals surface area (Å²) in [5.74, 6) is 1.33. The van der Waals surface area contributed by atoms with Gasteiger partial charge in [-0.15, -0.1) is 0 Å². The molecule has 168 valence electrons. The largest absolute Gasteiger partial charge is 0.493 e. The zero-order chi connectivity index (χ0) is 22.3. The summed E-state index contributed by atoms with van der Waals surface area (Å²) in [6.07, 6.45) is -0.553. The van der Waals surface area contributed by atoms with Gasteiger partial charge >= 0.3 is 0 Å². The molecule has 1 aromatic heterocycles. The van der Waals surface area contributed by atoms with Gasteiger partial charge in [-0.3, -0.25) is 4.68 Å². The summed E-state index contributed by atoms with van der Waals surface area (Å²) in [6.45, 7) is 11.7. The first-order valence-corrected chi connectivity index (χ1v) is 10.6. The lowest BCUT2D eigenvalue weighted by Crippen LogP contribution is -2.36. The Morgan fingerprint density at radius 3 is 2.47 bits per heavy atom. The molecule has 7 nitrogen and oxygen atoms in total. The van der Waals surface area contributed by atoms with Crippen LogP contribution >= 0.6 is 0 Å². The number of methoxy groups -OCH3 is 1. The fraction of sp³-hybridized carbons (Fsp3) is 0.609. The molecule has 1 heterocycles. The number of aliphatic hydroxyl groups excluding tert-OH is 1. The monoisotopic (exact) mass is 418 g/mol. The molecule has 30 heavy (non-hydrogen) atoms. The topological polar surface area (TPSA) is 63.0 Å². The van der Waals surface area contributed by atoms with Crippen molar-refractivity contribution in [2.75, 3.05) is 40.9 Å². The van der Waals surface area contributed by atoms with Crippen molar-refractivity contribution in [3.8, 4) is 11.5 Å². The van der Waals surface area contributed by atoms with Gasteiger partial charge in [-0.1, -0.05) is 6.07 Å². The van der Waals surface area contributed by atoms with Crippen molar-refractivity contribution >= 4 is 0 Å². The molecule has 0 aliphatic carbocycles. The minimum atomic E-state index is -0.553. The van der Waals surface area contributed by atoms with Gasteiger partial charge in [0, 0.05) is 31.4 Å². The van der Waals surface area contributed by atoms with E-state index in [2.05, 4.69) is 48.8 Å². The molecular weight excluding hydrogens is 380 g/mol. The van der Waals surface area contributed by atoms with E-state index < -0.39 is 6.10 Å². The van der Waals surface area contributed by atoms with E-state index in [1.807, 2.05) is 36.9 Å². The van der Waals surface area contributed by atoms with Crippen LogP contribution in [0.25, 0.3) is 0 Å². The van der Waals surface area contributed by atoms with Gasteiger partial charge in [0.05, 0.1) is 19.3 Å². The standard InChI is InChI=1S/C23H38N4O3/c1-17(2)26(6)15-21(28)16-30-22-9-8-20(13-23(22)29-7)14-25(5)10-11-27-19(4)12-18(3)24-27/h8-9,12-13,17,21,28H,10-11,14-16H2,1-7H3/t21-/m1/s1. The number of benzene rings is 1. The van der Waals surface area contributed by atoms with Crippen molar-refractivity contribution in [2.24, 2.45) is 0 Å². The molecule has 2 aromatic rings. The van der Waals surface area contributed by atoms with Crippen LogP contribution in [0.5, 0.6) is 11.5 Å². The summed E-state index contributed by atoms with van der Waals surface area (Å²) >= 11 is 0. The van der Waals surface area contributed by atoms with Crippen LogP contribution in [-0.4, -0.2) is 77.7 Å². The lowest BCUT2D eigenvalue weighted by Gasteiger charge is -2.24. The molecule has 0 amide bonds. The number of hydrogen-bond acceptors (Lipinski definition) is 6. The fourth-order valence-electron chi connectivity index (χ4n) is 3.27. The summed E-state index contributed by atoms with van der Waals surface area (Å²) in [5, 5.41) is 14.7. The lowest BCUT2D eigenvalue weighted by molar-refractivity contribution is 0.0668. The number of aryl methyl sites for hydroxylation is 2. The minimum Gasteiger partial charge on any atom is -0.493 e. The maximum absolute atomic E-state index is 10.2. The molecule has 0 saturated carbocycles. The molecule has 1 N–H and O–H groups in total. The van der Waals surface area contributed by atoms with E-state index in [0.717, 1.165) is 30.9 Å². The number of hydrogen-bond donors (Lipinski definition) is 1. The zero-order valence-electron chi connectivity index (χ0n) is 19.6. The first-order valence-electron chi connectivity index (χ1n) is 10.6. The first kappa shape index (κ1) is 24.2. The summed E-state index contributed by atoms with van der Waals surface area (Å²) < 4.78 is 13.4. The van der Waals surface area contributed by atoms with E-state index >= 15 is 0 Å². The quantitative estimate of drug-likeness (QED) is 0.572. The molecule has 0 radical (unpaired) electrons. The molecule has 0 aliphatic rings. The van der Waals surface area contributed by atoms with E-state index in [1.165, 1.54) is 5.69 Å².